The largest absolute Gasteiger partial charge is 0.363 e. The van der Waals surface area contributed by atoms with Crippen LogP contribution in [-0.2, 0) is 4.79 Å². The van der Waals surface area contributed by atoms with Crippen LogP contribution < -0.4 is 4.90 Å². The number of rotatable bonds is 5. The Morgan fingerprint density at radius 2 is 1.75 bits per heavy atom. The summed E-state index contributed by atoms with van der Waals surface area (Å²) in [6.07, 6.45) is 3.14. The molecule has 6 heteroatoms. The van der Waals surface area contributed by atoms with E-state index in [0.717, 1.165) is 12.2 Å². The molecule has 0 unspecified atom stereocenters. The van der Waals surface area contributed by atoms with Gasteiger partial charge >= 0.3 is 0 Å². The molecule has 1 saturated heterocycles. The second-order valence-electron chi connectivity index (χ2n) is 6.91. The van der Waals surface area contributed by atoms with E-state index in [1.54, 1.807) is 11.1 Å². The maximum atomic E-state index is 12.5. The van der Waals surface area contributed by atoms with E-state index in [2.05, 4.69) is 18.8 Å². The van der Waals surface area contributed by atoms with E-state index in [1.165, 1.54) is 0 Å². The van der Waals surface area contributed by atoms with Crippen molar-refractivity contribution in [1.82, 2.24) is 14.8 Å². The van der Waals surface area contributed by atoms with E-state index in [4.69, 9.17) is 0 Å². The topological polar surface area (TPSA) is 56.8 Å². The summed E-state index contributed by atoms with van der Waals surface area (Å²) in [4.78, 5) is 34.6. The van der Waals surface area contributed by atoms with Gasteiger partial charge < -0.3 is 14.7 Å². The lowest BCUT2D eigenvalue weighted by Gasteiger charge is -2.35. The molecule has 2 amide bonds. The number of amides is 2. The van der Waals surface area contributed by atoms with Gasteiger partial charge in [0.25, 0.3) is 5.91 Å². The van der Waals surface area contributed by atoms with Crippen LogP contribution in [0.4, 0.5) is 5.82 Å². The van der Waals surface area contributed by atoms with Crippen molar-refractivity contribution in [3.05, 3.63) is 23.9 Å². The van der Waals surface area contributed by atoms with Crippen LogP contribution in [0.3, 0.4) is 0 Å². The Morgan fingerprint density at radius 1 is 1.12 bits per heavy atom. The maximum absolute atomic E-state index is 12.5. The molecule has 0 N–H and O–H groups in total. The van der Waals surface area contributed by atoms with Gasteiger partial charge in [0.1, 0.15) is 5.82 Å². The summed E-state index contributed by atoms with van der Waals surface area (Å²) in [6, 6.07) is 3.66. The molecule has 1 aromatic rings. The van der Waals surface area contributed by atoms with Crippen molar-refractivity contribution in [2.75, 3.05) is 45.2 Å². The molecule has 0 radical (unpaired) electrons. The van der Waals surface area contributed by atoms with Crippen LogP contribution in [0.25, 0.3) is 0 Å². The van der Waals surface area contributed by atoms with Gasteiger partial charge in [0, 0.05) is 52.9 Å². The van der Waals surface area contributed by atoms with Crippen molar-refractivity contribution in [3.8, 4) is 0 Å². The van der Waals surface area contributed by atoms with Gasteiger partial charge in [-0.3, -0.25) is 9.59 Å². The average molecular weight is 332 g/mol. The highest BCUT2D eigenvalue weighted by molar-refractivity contribution is 5.94. The lowest BCUT2D eigenvalue weighted by atomic mass is 10.1. The standard InChI is InChI=1S/C18H28N4O2/c1-14(2)5-8-17(23)21-9-11-22(12-10-21)18(24)15-6-7-16(19-13-15)20(3)4/h6-7,13-14H,5,8-12H2,1-4H3. The van der Waals surface area contributed by atoms with Crippen molar-refractivity contribution >= 4 is 17.6 Å². The normalized spacial score (nSPS) is 14.9. The van der Waals surface area contributed by atoms with Crippen LogP contribution in [0.5, 0.6) is 0 Å². The highest BCUT2D eigenvalue weighted by Gasteiger charge is 2.24. The number of nitrogens with zero attached hydrogens (tertiary/aromatic N) is 4. The first-order valence-electron chi connectivity index (χ1n) is 8.59. The molecule has 132 valence electrons. The molecule has 0 aliphatic carbocycles. The summed E-state index contributed by atoms with van der Waals surface area (Å²) >= 11 is 0. The Hall–Kier alpha value is -2.11. The smallest absolute Gasteiger partial charge is 0.255 e. The molecule has 6 nitrogen and oxygen atoms in total. The summed E-state index contributed by atoms with van der Waals surface area (Å²) in [5.74, 6) is 1.55. The van der Waals surface area contributed by atoms with Crippen molar-refractivity contribution in [2.45, 2.75) is 26.7 Å². The van der Waals surface area contributed by atoms with Gasteiger partial charge in [-0.2, -0.15) is 0 Å². The van der Waals surface area contributed by atoms with Crippen molar-refractivity contribution in [3.63, 3.8) is 0 Å². The first-order chi connectivity index (χ1) is 11.4. The highest BCUT2D eigenvalue weighted by atomic mass is 16.2. The zero-order valence-electron chi connectivity index (χ0n) is 15.2. The fourth-order valence-electron chi connectivity index (χ4n) is 2.69. The zero-order chi connectivity index (χ0) is 17.7. The summed E-state index contributed by atoms with van der Waals surface area (Å²) in [7, 11) is 3.83. The average Bonchev–Trinajstić information content (AvgIpc) is 2.59. The first-order valence-corrected chi connectivity index (χ1v) is 8.59. The van der Waals surface area contributed by atoms with Gasteiger partial charge in [0.2, 0.25) is 5.91 Å². The van der Waals surface area contributed by atoms with Crippen molar-refractivity contribution in [1.29, 1.82) is 0 Å². The Labute approximate surface area is 144 Å². The van der Waals surface area contributed by atoms with Gasteiger partial charge in [-0.25, -0.2) is 4.98 Å². The first kappa shape index (κ1) is 18.2. The van der Waals surface area contributed by atoms with Crippen LogP contribution in [0, 0.1) is 5.92 Å². The molecule has 0 bridgehead atoms. The number of piperazine rings is 1. The molecule has 1 aliphatic heterocycles. The molecular weight excluding hydrogens is 304 g/mol. The molecular formula is C18H28N4O2. The fourth-order valence-corrected chi connectivity index (χ4v) is 2.69. The predicted octanol–water partition coefficient (Wildman–Crippen LogP) is 1.87. The van der Waals surface area contributed by atoms with E-state index in [-0.39, 0.29) is 11.8 Å². The van der Waals surface area contributed by atoms with E-state index < -0.39 is 0 Å². The van der Waals surface area contributed by atoms with E-state index in [1.807, 2.05) is 36.0 Å². The number of hydrogen-bond donors (Lipinski definition) is 0. The van der Waals surface area contributed by atoms with Crippen LogP contribution in [0.2, 0.25) is 0 Å². The molecule has 0 spiro atoms. The number of hydrogen-bond acceptors (Lipinski definition) is 4. The van der Waals surface area contributed by atoms with Gasteiger partial charge in [-0.15, -0.1) is 0 Å². The molecule has 0 atom stereocenters. The van der Waals surface area contributed by atoms with E-state index in [0.29, 0.717) is 44.1 Å². The van der Waals surface area contributed by atoms with Gasteiger partial charge in [0.15, 0.2) is 0 Å². The second-order valence-corrected chi connectivity index (χ2v) is 6.91. The molecule has 0 saturated carbocycles. The van der Waals surface area contributed by atoms with Gasteiger partial charge in [-0.05, 0) is 24.5 Å². The van der Waals surface area contributed by atoms with Crippen LogP contribution in [0.1, 0.15) is 37.0 Å². The number of pyridine rings is 1. The molecule has 24 heavy (non-hydrogen) atoms. The third kappa shape index (κ3) is 4.69. The minimum atomic E-state index is -0.0120. The molecule has 1 aromatic heterocycles. The Kier molecular flexibility index (Phi) is 6.17. The predicted molar refractivity (Wildman–Crippen MR) is 95.1 cm³/mol. The van der Waals surface area contributed by atoms with E-state index >= 15 is 0 Å². The van der Waals surface area contributed by atoms with Gasteiger partial charge in [-0.1, -0.05) is 13.8 Å². The summed E-state index contributed by atoms with van der Waals surface area (Å²) in [5, 5.41) is 0. The summed E-state index contributed by atoms with van der Waals surface area (Å²) in [6.45, 7) is 6.65. The van der Waals surface area contributed by atoms with Crippen LogP contribution in [-0.4, -0.2) is 66.9 Å². The van der Waals surface area contributed by atoms with Crippen molar-refractivity contribution < 1.29 is 9.59 Å². The molecule has 2 heterocycles. The minimum Gasteiger partial charge on any atom is -0.363 e. The van der Waals surface area contributed by atoms with Crippen LogP contribution in [0.15, 0.2) is 18.3 Å². The second kappa shape index (κ2) is 8.13. The summed E-state index contributed by atoms with van der Waals surface area (Å²) < 4.78 is 0. The molecule has 1 aliphatic rings. The lowest BCUT2D eigenvalue weighted by Crippen LogP contribution is -2.50. The lowest BCUT2D eigenvalue weighted by molar-refractivity contribution is -0.132. The summed E-state index contributed by atoms with van der Waals surface area (Å²) in [5.41, 5.74) is 0.597. The number of aromatic nitrogens is 1. The van der Waals surface area contributed by atoms with Crippen molar-refractivity contribution in [2.24, 2.45) is 5.92 Å². The zero-order valence-corrected chi connectivity index (χ0v) is 15.2. The number of carbonyl (C=O) groups excluding carboxylic acids is 2. The third-order valence-electron chi connectivity index (χ3n) is 4.31. The Morgan fingerprint density at radius 3 is 2.25 bits per heavy atom. The van der Waals surface area contributed by atoms with Gasteiger partial charge in [0.05, 0.1) is 5.56 Å². The minimum absolute atomic E-state index is 0.0120. The Bertz CT molecular complexity index is 561. The number of carbonyl (C=O) groups is 2. The quantitative estimate of drug-likeness (QED) is 0.826. The maximum Gasteiger partial charge on any atom is 0.255 e. The number of anilines is 1. The highest BCUT2D eigenvalue weighted by Crippen LogP contribution is 2.13. The molecule has 0 aromatic carbocycles. The van der Waals surface area contributed by atoms with E-state index in [9.17, 15) is 9.59 Å². The molecule has 2 rings (SSSR count). The SMILES string of the molecule is CC(C)CCC(=O)N1CCN(C(=O)c2ccc(N(C)C)nc2)CC1. The molecule has 1 fully saturated rings. The Balaban J connectivity index is 1.87. The monoisotopic (exact) mass is 332 g/mol. The third-order valence-corrected chi connectivity index (χ3v) is 4.31. The van der Waals surface area contributed by atoms with Crippen LogP contribution >= 0.6 is 0 Å². The fraction of sp³-hybridized carbons (Fsp3) is 0.611.